The van der Waals surface area contributed by atoms with Crippen LogP contribution in [0.15, 0.2) is 9.32 Å². The van der Waals surface area contributed by atoms with Crippen LogP contribution in [-0.2, 0) is 4.74 Å². The van der Waals surface area contributed by atoms with E-state index in [-0.39, 0.29) is 12.0 Å². The van der Waals surface area contributed by atoms with Gasteiger partial charge in [-0.3, -0.25) is 9.51 Å². The van der Waals surface area contributed by atoms with E-state index in [1.54, 1.807) is 4.90 Å². The summed E-state index contributed by atoms with van der Waals surface area (Å²) < 4.78 is 9.74. The lowest BCUT2D eigenvalue weighted by Crippen LogP contribution is -2.35. The van der Waals surface area contributed by atoms with Gasteiger partial charge in [0.05, 0.1) is 0 Å². The van der Waals surface area contributed by atoms with E-state index < -0.39 is 11.4 Å². The predicted octanol–water partition coefficient (Wildman–Crippen LogP) is 1.09. The molecule has 0 aliphatic carbocycles. The number of nitrogens with zero attached hydrogens (tertiary/aromatic N) is 2. The van der Waals surface area contributed by atoms with E-state index in [1.807, 2.05) is 20.8 Å². The zero-order chi connectivity index (χ0) is 13.3. The summed E-state index contributed by atoms with van der Waals surface area (Å²) in [5.41, 5.74) is -0.503. The van der Waals surface area contributed by atoms with Gasteiger partial charge in [-0.2, -0.15) is 0 Å². The monoisotopic (exact) mass is 255 g/mol. The fourth-order valence-electron chi connectivity index (χ4n) is 1.89. The molecule has 1 aliphatic heterocycles. The SMILES string of the molecule is CC(C)(C)OC(=O)N1CC[C@@H](c2noc(=O)[nH]2)C1. The molecule has 0 unspecified atom stereocenters. The summed E-state index contributed by atoms with van der Waals surface area (Å²) in [5, 5.41) is 3.64. The zero-order valence-corrected chi connectivity index (χ0v) is 10.7. The number of carbonyl (C=O) groups excluding carboxylic acids is 1. The van der Waals surface area contributed by atoms with Crippen LogP contribution in [0.3, 0.4) is 0 Å². The molecule has 0 bridgehead atoms. The van der Waals surface area contributed by atoms with Gasteiger partial charge in [-0.15, -0.1) is 0 Å². The van der Waals surface area contributed by atoms with Crippen molar-refractivity contribution in [2.45, 2.75) is 38.7 Å². The van der Waals surface area contributed by atoms with E-state index in [0.717, 1.165) is 6.42 Å². The Morgan fingerprint density at radius 1 is 1.56 bits per heavy atom. The van der Waals surface area contributed by atoms with Gasteiger partial charge in [0.1, 0.15) is 5.60 Å². The Bertz CT molecular complexity index is 485. The van der Waals surface area contributed by atoms with Crippen molar-refractivity contribution < 1.29 is 14.1 Å². The number of hydrogen-bond acceptors (Lipinski definition) is 5. The number of amides is 1. The molecule has 7 nitrogen and oxygen atoms in total. The van der Waals surface area contributed by atoms with Crippen molar-refractivity contribution in [3.8, 4) is 0 Å². The van der Waals surface area contributed by atoms with Crippen molar-refractivity contribution >= 4 is 6.09 Å². The van der Waals surface area contributed by atoms with Gasteiger partial charge in [-0.05, 0) is 27.2 Å². The molecule has 1 aliphatic rings. The van der Waals surface area contributed by atoms with Crippen molar-refractivity contribution in [3.63, 3.8) is 0 Å². The first-order valence-corrected chi connectivity index (χ1v) is 5.89. The molecule has 1 atom stereocenters. The predicted molar refractivity (Wildman–Crippen MR) is 62.3 cm³/mol. The highest BCUT2D eigenvalue weighted by molar-refractivity contribution is 5.68. The normalized spacial score (nSPS) is 20.2. The highest BCUT2D eigenvalue weighted by Crippen LogP contribution is 2.25. The van der Waals surface area contributed by atoms with Crippen LogP contribution in [0.1, 0.15) is 38.9 Å². The number of aromatic amines is 1. The Kier molecular flexibility index (Phi) is 3.14. The van der Waals surface area contributed by atoms with Crippen molar-refractivity contribution in [1.82, 2.24) is 15.0 Å². The van der Waals surface area contributed by atoms with Gasteiger partial charge in [0.2, 0.25) is 0 Å². The molecule has 0 radical (unpaired) electrons. The third kappa shape index (κ3) is 2.91. The first-order chi connectivity index (χ1) is 8.35. The summed E-state index contributed by atoms with van der Waals surface area (Å²) in [5.74, 6) is -0.0734. The number of rotatable bonds is 1. The molecule has 7 heteroatoms. The van der Waals surface area contributed by atoms with Crippen LogP contribution in [0.25, 0.3) is 0 Å². The fraction of sp³-hybridized carbons (Fsp3) is 0.727. The third-order valence-electron chi connectivity index (χ3n) is 2.68. The highest BCUT2D eigenvalue weighted by Gasteiger charge is 2.32. The fourth-order valence-corrected chi connectivity index (χ4v) is 1.89. The Morgan fingerprint density at radius 2 is 2.28 bits per heavy atom. The third-order valence-corrected chi connectivity index (χ3v) is 2.68. The van der Waals surface area contributed by atoms with Crippen LogP contribution in [0.2, 0.25) is 0 Å². The van der Waals surface area contributed by atoms with E-state index >= 15 is 0 Å². The van der Waals surface area contributed by atoms with Crippen LogP contribution in [0, 0.1) is 0 Å². The summed E-state index contributed by atoms with van der Waals surface area (Å²) in [6.07, 6.45) is 0.401. The number of likely N-dealkylation sites (tertiary alicyclic amines) is 1. The van der Waals surface area contributed by atoms with Gasteiger partial charge in [0.25, 0.3) is 0 Å². The Hall–Kier alpha value is -1.79. The molecule has 100 valence electrons. The maximum atomic E-state index is 11.8. The molecule has 1 N–H and O–H groups in total. The number of hydrogen-bond donors (Lipinski definition) is 1. The summed E-state index contributed by atoms with van der Waals surface area (Å²) >= 11 is 0. The van der Waals surface area contributed by atoms with Gasteiger partial charge in [-0.25, -0.2) is 9.59 Å². The Labute approximate surface area is 104 Å². The van der Waals surface area contributed by atoms with Crippen LogP contribution in [0.4, 0.5) is 4.79 Å². The number of nitrogens with one attached hydrogen (secondary N) is 1. The summed E-state index contributed by atoms with van der Waals surface area (Å²) in [6.45, 7) is 6.56. The minimum atomic E-state index is -0.569. The largest absolute Gasteiger partial charge is 0.444 e. The average Bonchev–Trinajstić information content (AvgIpc) is 2.82. The Morgan fingerprint density at radius 3 is 2.83 bits per heavy atom. The lowest BCUT2D eigenvalue weighted by atomic mass is 10.1. The van der Waals surface area contributed by atoms with E-state index in [4.69, 9.17) is 4.74 Å². The summed E-state index contributed by atoms with van der Waals surface area (Å²) in [7, 11) is 0. The smallest absolute Gasteiger partial charge is 0.438 e. The second-order valence-corrected chi connectivity index (χ2v) is 5.39. The number of H-pyrrole nitrogens is 1. The van der Waals surface area contributed by atoms with Gasteiger partial charge in [0.15, 0.2) is 5.82 Å². The molecular weight excluding hydrogens is 238 g/mol. The number of aromatic nitrogens is 2. The van der Waals surface area contributed by atoms with Crippen molar-refractivity contribution in [2.24, 2.45) is 0 Å². The van der Waals surface area contributed by atoms with Crippen LogP contribution >= 0.6 is 0 Å². The van der Waals surface area contributed by atoms with Gasteiger partial charge in [-0.1, -0.05) is 5.16 Å². The number of carbonyl (C=O) groups is 1. The molecule has 0 aromatic carbocycles. The second kappa shape index (κ2) is 4.47. The molecule has 1 aromatic rings. The minimum absolute atomic E-state index is 0.00367. The van der Waals surface area contributed by atoms with E-state index in [1.165, 1.54) is 0 Å². The first-order valence-electron chi connectivity index (χ1n) is 5.89. The number of ether oxygens (including phenoxy) is 1. The van der Waals surface area contributed by atoms with Gasteiger partial charge < -0.3 is 9.64 Å². The van der Waals surface area contributed by atoms with Crippen molar-refractivity contribution in [3.05, 3.63) is 16.4 Å². The molecule has 1 saturated heterocycles. The first kappa shape index (κ1) is 12.7. The lowest BCUT2D eigenvalue weighted by molar-refractivity contribution is 0.0292. The van der Waals surface area contributed by atoms with Crippen molar-refractivity contribution in [2.75, 3.05) is 13.1 Å². The molecular formula is C11H17N3O4. The maximum Gasteiger partial charge on any atom is 0.438 e. The molecule has 1 aromatic heterocycles. The standard InChI is InChI=1S/C11H17N3O4/c1-11(2,3)17-10(16)14-5-4-7(6-14)8-12-9(15)18-13-8/h7H,4-6H2,1-3H3,(H,12,13,15)/t7-/m1/s1. The Balaban J connectivity index is 1.96. The summed E-state index contributed by atoms with van der Waals surface area (Å²) in [6, 6.07) is 0. The molecule has 1 amide bonds. The van der Waals surface area contributed by atoms with Crippen LogP contribution in [-0.4, -0.2) is 39.8 Å². The lowest BCUT2D eigenvalue weighted by Gasteiger charge is -2.24. The minimum Gasteiger partial charge on any atom is -0.444 e. The summed E-state index contributed by atoms with van der Waals surface area (Å²) in [4.78, 5) is 26.8. The molecule has 2 rings (SSSR count). The molecule has 1 fully saturated rings. The van der Waals surface area contributed by atoms with Crippen LogP contribution in [0.5, 0.6) is 0 Å². The average molecular weight is 255 g/mol. The van der Waals surface area contributed by atoms with Crippen molar-refractivity contribution in [1.29, 1.82) is 0 Å². The quantitative estimate of drug-likeness (QED) is 0.811. The second-order valence-electron chi connectivity index (χ2n) is 5.39. The highest BCUT2D eigenvalue weighted by atomic mass is 16.6. The van der Waals surface area contributed by atoms with E-state index in [9.17, 15) is 9.59 Å². The molecule has 0 saturated carbocycles. The topological polar surface area (TPSA) is 88.4 Å². The molecule has 18 heavy (non-hydrogen) atoms. The molecule has 0 spiro atoms. The zero-order valence-electron chi connectivity index (χ0n) is 10.7. The van der Waals surface area contributed by atoms with Gasteiger partial charge in [0, 0.05) is 19.0 Å². The molecule has 2 heterocycles. The van der Waals surface area contributed by atoms with E-state index in [0.29, 0.717) is 18.9 Å². The van der Waals surface area contributed by atoms with E-state index in [2.05, 4.69) is 14.7 Å². The maximum absolute atomic E-state index is 11.8. The van der Waals surface area contributed by atoms with Gasteiger partial charge >= 0.3 is 11.8 Å². The van der Waals surface area contributed by atoms with Crippen LogP contribution < -0.4 is 5.76 Å².